The lowest BCUT2D eigenvalue weighted by atomic mass is 10.1. The number of benzene rings is 1. The van der Waals surface area contributed by atoms with Crippen LogP contribution in [-0.4, -0.2) is 0 Å². The van der Waals surface area contributed by atoms with E-state index < -0.39 is 0 Å². The van der Waals surface area contributed by atoms with Crippen LogP contribution in [0.1, 0.15) is 11.1 Å². The van der Waals surface area contributed by atoms with E-state index in [2.05, 4.69) is 0 Å². The molecule has 0 atom stereocenters. The van der Waals surface area contributed by atoms with E-state index in [1.165, 1.54) is 0 Å². The van der Waals surface area contributed by atoms with Crippen molar-refractivity contribution < 1.29 is 0 Å². The van der Waals surface area contributed by atoms with Gasteiger partial charge in [0.25, 0.3) is 0 Å². The van der Waals surface area contributed by atoms with Gasteiger partial charge in [-0.3, -0.25) is 0 Å². The molecule has 0 unspecified atom stereocenters. The van der Waals surface area contributed by atoms with Crippen LogP contribution in [0.3, 0.4) is 0 Å². The summed E-state index contributed by atoms with van der Waals surface area (Å²) in [6.07, 6.45) is 0. The Balaban J connectivity index is 3.60. The summed E-state index contributed by atoms with van der Waals surface area (Å²) in [4.78, 5) is 0. The molecule has 2 nitrogen and oxygen atoms in total. The predicted octanol–water partition coefficient (Wildman–Crippen LogP) is 2.77. The number of rotatable bonds is 0. The smallest absolute Gasteiger partial charge is 0.0688 e. The minimum atomic E-state index is 0.495. The highest BCUT2D eigenvalue weighted by Gasteiger charge is 2.12. The fraction of sp³-hybridized carbons (Fsp3) is 0.250. The van der Waals surface area contributed by atoms with Crippen molar-refractivity contribution in [2.75, 3.05) is 11.5 Å². The Morgan fingerprint density at radius 1 is 0.833 bits per heavy atom. The first-order valence-corrected chi connectivity index (χ1v) is 4.21. The molecule has 66 valence electrons. The molecular weight excluding hydrogens is 195 g/mol. The van der Waals surface area contributed by atoms with Crippen molar-refractivity contribution in [3.05, 3.63) is 21.2 Å². The van der Waals surface area contributed by atoms with Gasteiger partial charge in [-0.05, 0) is 25.0 Å². The molecule has 0 heterocycles. The lowest BCUT2D eigenvalue weighted by Crippen LogP contribution is -1.99. The molecule has 1 rings (SSSR count). The van der Waals surface area contributed by atoms with Gasteiger partial charge in [0.1, 0.15) is 0 Å². The van der Waals surface area contributed by atoms with Gasteiger partial charge in [-0.15, -0.1) is 0 Å². The van der Waals surface area contributed by atoms with Gasteiger partial charge in [0.2, 0.25) is 0 Å². The van der Waals surface area contributed by atoms with Crippen LogP contribution in [0.4, 0.5) is 11.4 Å². The molecule has 0 spiro atoms. The summed E-state index contributed by atoms with van der Waals surface area (Å²) < 4.78 is 0. The van der Waals surface area contributed by atoms with Gasteiger partial charge >= 0.3 is 0 Å². The minimum absolute atomic E-state index is 0.495. The summed E-state index contributed by atoms with van der Waals surface area (Å²) in [6, 6.07) is 0. The average Bonchev–Trinajstić information content (AvgIpc) is 2.08. The third-order valence-electron chi connectivity index (χ3n) is 1.94. The zero-order valence-electron chi connectivity index (χ0n) is 6.91. The number of nitrogens with two attached hydrogens (primary N) is 2. The van der Waals surface area contributed by atoms with Gasteiger partial charge in [-0.2, -0.15) is 0 Å². The van der Waals surface area contributed by atoms with E-state index in [-0.39, 0.29) is 0 Å². The maximum absolute atomic E-state index is 5.90. The quantitative estimate of drug-likeness (QED) is 0.639. The summed E-state index contributed by atoms with van der Waals surface area (Å²) in [5.74, 6) is 0. The van der Waals surface area contributed by atoms with Crippen LogP contribution in [0.5, 0.6) is 0 Å². The second-order valence-corrected chi connectivity index (χ2v) is 3.46. The number of anilines is 2. The third-order valence-corrected chi connectivity index (χ3v) is 2.91. The minimum Gasteiger partial charge on any atom is -0.397 e. The summed E-state index contributed by atoms with van der Waals surface area (Å²) in [5.41, 5.74) is 13.9. The first-order chi connectivity index (χ1) is 5.46. The number of halogens is 2. The number of hydrogen-bond acceptors (Lipinski definition) is 2. The molecule has 1 aromatic carbocycles. The van der Waals surface area contributed by atoms with Crippen molar-refractivity contribution in [3.63, 3.8) is 0 Å². The van der Waals surface area contributed by atoms with Crippen LogP contribution < -0.4 is 11.5 Å². The zero-order valence-corrected chi connectivity index (χ0v) is 8.42. The Labute approximate surface area is 81.4 Å². The molecule has 0 aliphatic carbocycles. The molecule has 0 saturated carbocycles. The van der Waals surface area contributed by atoms with Crippen LogP contribution >= 0.6 is 23.2 Å². The van der Waals surface area contributed by atoms with Crippen molar-refractivity contribution in [1.29, 1.82) is 0 Å². The van der Waals surface area contributed by atoms with Crippen molar-refractivity contribution in [1.82, 2.24) is 0 Å². The maximum atomic E-state index is 5.90. The molecule has 0 bridgehead atoms. The first-order valence-electron chi connectivity index (χ1n) is 3.46. The lowest BCUT2D eigenvalue weighted by molar-refractivity contribution is 1.40. The molecule has 0 aliphatic heterocycles. The monoisotopic (exact) mass is 204 g/mol. The van der Waals surface area contributed by atoms with Crippen LogP contribution in [0.2, 0.25) is 10.0 Å². The summed E-state index contributed by atoms with van der Waals surface area (Å²) in [5, 5.41) is 0.990. The fourth-order valence-corrected chi connectivity index (χ4v) is 1.46. The lowest BCUT2D eigenvalue weighted by Gasteiger charge is -2.11. The molecule has 0 aromatic heterocycles. The molecule has 4 heteroatoms. The van der Waals surface area contributed by atoms with E-state index in [9.17, 15) is 0 Å². The second-order valence-electron chi connectivity index (χ2n) is 2.71. The fourth-order valence-electron chi connectivity index (χ4n) is 0.970. The Hall–Kier alpha value is -0.600. The van der Waals surface area contributed by atoms with Crippen LogP contribution in [0, 0.1) is 13.8 Å². The highest BCUT2D eigenvalue weighted by molar-refractivity contribution is 6.38. The molecule has 0 radical (unpaired) electrons. The zero-order chi connectivity index (χ0) is 9.46. The third kappa shape index (κ3) is 1.21. The Morgan fingerprint density at radius 3 is 1.33 bits per heavy atom. The first kappa shape index (κ1) is 9.49. The Morgan fingerprint density at radius 2 is 1.08 bits per heavy atom. The molecule has 1 aromatic rings. The Bertz CT molecular complexity index is 229. The second kappa shape index (κ2) is 3.04. The molecule has 12 heavy (non-hydrogen) atoms. The van der Waals surface area contributed by atoms with E-state index in [1.807, 2.05) is 0 Å². The van der Waals surface area contributed by atoms with E-state index in [1.54, 1.807) is 13.8 Å². The highest BCUT2D eigenvalue weighted by Crippen LogP contribution is 2.37. The number of nitrogen functional groups attached to an aromatic ring is 2. The van der Waals surface area contributed by atoms with Crippen LogP contribution in [0.15, 0.2) is 0 Å². The molecule has 0 aliphatic rings. The summed E-state index contributed by atoms with van der Waals surface area (Å²) >= 11 is 11.8. The van der Waals surface area contributed by atoms with Crippen molar-refractivity contribution in [3.8, 4) is 0 Å². The SMILES string of the molecule is Cc1c(N)c(Cl)c(C)c(N)c1Cl. The topological polar surface area (TPSA) is 52.0 Å². The Kier molecular flexibility index (Phi) is 2.40. The molecule has 4 N–H and O–H groups in total. The van der Waals surface area contributed by atoms with E-state index in [0.717, 1.165) is 11.1 Å². The highest BCUT2D eigenvalue weighted by atomic mass is 35.5. The largest absolute Gasteiger partial charge is 0.397 e. The number of hydrogen-bond donors (Lipinski definition) is 2. The summed E-state index contributed by atoms with van der Waals surface area (Å²) in [7, 11) is 0. The van der Waals surface area contributed by atoms with Crippen molar-refractivity contribution in [2.45, 2.75) is 13.8 Å². The van der Waals surface area contributed by atoms with Gasteiger partial charge < -0.3 is 11.5 Å². The van der Waals surface area contributed by atoms with Crippen LogP contribution in [0.25, 0.3) is 0 Å². The van der Waals surface area contributed by atoms with E-state index in [4.69, 9.17) is 34.7 Å². The molecule has 0 amide bonds. The molecule has 0 saturated heterocycles. The average molecular weight is 205 g/mol. The van der Waals surface area contributed by atoms with Gasteiger partial charge in [-0.1, -0.05) is 23.2 Å². The van der Waals surface area contributed by atoms with Crippen molar-refractivity contribution in [2.24, 2.45) is 0 Å². The molecule has 0 fully saturated rings. The van der Waals surface area contributed by atoms with E-state index in [0.29, 0.717) is 21.4 Å². The standard InChI is InChI=1S/C8H10Cl2N2/c1-3-5(9)8(12)4(2)6(10)7(3)11/h11-12H2,1-2H3. The predicted molar refractivity (Wildman–Crippen MR) is 54.8 cm³/mol. The van der Waals surface area contributed by atoms with E-state index >= 15 is 0 Å². The van der Waals surface area contributed by atoms with Gasteiger partial charge in [-0.25, -0.2) is 0 Å². The van der Waals surface area contributed by atoms with Crippen LogP contribution in [-0.2, 0) is 0 Å². The van der Waals surface area contributed by atoms with Gasteiger partial charge in [0.05, 0.1) is 21.4 Å². The van der Waals surface area contributed by atoms with Gasteiger partial charge in [0, 0.05) is 0 Å². The normalized spacial score (nSPS) is 10.3. The summed E-state index contributed by atoms with van der Waals surface area (Å²) in [6.45, 7) is 3.58. The maximum Gasteiger partial charge on any atom is 0.0688 e. The molecular formula is C8H10Cl2N2. The van der Waals surface area contributed by atoms with Gasteiger partial charge in [0.15, 0.2) is 0 Å². The van der Waals surface area contributed by atoms with Crippen molar-refractivity contribution >= 4 is 34.6 Å².